The van der Waals surface area contributed by atoms with Gasteiger partial charge >= 0.3 is 6.61 Å². The van der Waals surface area contributed by atoms with Crippen LogP contribution in [-0.2, 0) is 4.57 Å². The van der Waals surface area contributed by atoms with E-state index in [1.165, 1.54) is 12.1 Å². The number of rotatable bonds is 8. The summed E-state index contributed by atoms with van der Waals surface area (Å²) in [5.74, 6) is 6.63. The highest BCUT2D eigenvalue weighted by Crippen LogP contribution is 2.36. The molecule has 0 saturated heterocycles. The van der Waals surface area contributed by atoms with Gasteiger partial charge in [0.1, 0.15) is 18.7 Å². The second-order valence-corrected chi connectivity index (χ2v) is 12.8. The average molecular weight is 551 g/mol. The molecule has 10 heteroatoms. The van der Waals surface area contributed by atoms with Crippen molar-refractivity contribution in [2.45, 2.75) is 26.0 Å². The number of ether oxygens (including phenoxy) is 1. The number of hydrogen-bond donors (Lipinski definition) is 0. The van der Waals surface area contributed by atoms with E-state index in [-0.39, 0.29) is 23.0 Å². The van der Waals surface area contributed by atoms with Crippen LogP contribution in [0.3, 0.4) is 0 Å². The van der Waals surface area contributed by atoms with E-state index in [0.717, 1.165) is 0 Å². The Morgan fingerprint density at radius 1 is 1.10 bits per heavy atom. The average Bonchev–Trinajstić information content (AvgIpc) is 3.24. The van der Waals surface area contributed by atoms with E-state index in [0.29, 0.717) is 46.1 Å². The summed E-state index contributed by atoms with van der Waals surface area (Å²) in [6, 6.07) is 13.2. The van der Waals surface area contributed by atoms with Crippen molar-refractivity contribution >= 4 is 29.9 Å². The fraction of sp³-hybridized carbons (Fsp3) is 0.276. The Morgan fingerprint density at radius 2 is 1.82 bits per heavy atom. The molecule has 0 fully saturated rings. The second kappa shape index (κ2) is 11.5. The molecule has 39 heavy (non-hydrogen) atoms. The summed E-state index contributed by atoms with van der Waals surface area (Å²) in [5, 5.41) is 0. The third kappa shape index (κ3) is 6.08. The van der Waals surface area contributed by atoms with Crippen LogP contribution in [0.4, 0.5) is 8.78 Å². The Hall–Kier alpha value is -3.86. The summed E-state index contributed by atoms with van der Waals surface area (Å²) >= 11 is 0. The molecular formula is C29H29F2N4O3P. The van der Waals surface area contributed by atoms with E-state index in [4.69, 9.17) is 9.72 Å². The lowest BCUT2D eigenvalue weighted by Gasteiger charge is -2.25. The van der Waals surface area contributed by atoms with Crippen LogP contribution >= 0.6 is 7.14 Å². The molecule has 1 atom stereocenters. The molecule has 0 bridgehead atoms. The summed E-state index contributed by atoms with van der Waals surface area (Å²) in [4.78, 5) is 23.2. The fourth-order valence-corrected chi connectivity index (χ4v) is 5.17. The lowest BCUT2D eigenvalue weighted by molar-refractivity contribution is -0.0498. The molecule has 0 spiro atoms. The molecule has 4 aromatic rings. The van der Waals surface area contributed by atoms with Gasteiger partial charge in [-0.2, -0.15) is 8.78 Å². The first-order chi connectivity index (χ1) is 18.5. The molecular weight excluding hydrogens is 521 g/mol. The van der Waals surface area contributed by atoms with Gasteiger partial charge < -0.3 is 9.30 Å². The Balaban J connectivity index is 1.92. The van der Waals surface area contributed by atoms with E-state index in [1.807, 2.05) is 44.1 Å². The minimum Gasteiger partial charge on any atom is -0.433 e. The molecule has 2 heterocycles. The zero-order valence-corrected chi connectivity index (χ0v) is 23.2. The van der Waals surface area contributed by atoms with Crippen molar-refractivity contribution in [3.8, 4) is 23.3 Å². The van der Waals surface area contributed by atoms with Crippen LogP contribution < -0.4 is 10.2 Å². The summed E-state index contributed by atoms with van der Waals surface area (Å²) in [6.45, 7) is 2.25. The minimum absolute atomic E-state index is 0.129. The number of carbonyl (C=O) groups is 1. The lowest BCUT2D eigenvalue weighted by Crippen LogP contribution is -2.23. The molecule has 2 aromatic carbocycles. The van der Waals surface area contributed by atoms with Gasteiger partial charge in [-0.25, -0.2) is 4.98 Å². The Morgan fingerprint density at radius 3 is 2.41 bits per heavy atom. The predicted octanol–water partition coefficient (Wildman–Crippen LogP) is 5.49. The zero-order valence-electron chi connectivity index (χ0n) is 22.4. The molecule has 0 aliphatic rings. The normalized spacial score (nSPS) is 12.4. The minimum atomic E-state index is -3.07. The van der Waals surface area contributed by atoms with Gasteiger partial charge in [-0.3, -0.25) is 19.2 Å². The molecule has 0 amide bonds. The largest absolute Gasteiger partial charge is 0.433 e. The summed E-state index contributed by atoms with van der Waals surface area (Å²) in [6.07, 6.45) is 2.88. The number of fused-ring (bicyclic) bond motifs is 1. The first kappa shape index (κ1) is 28.2. The highest BCUT2D eigenvalue weighted by Gasteiger charge is 2.26. The number of aldehydes is 1. The third-order valence-corrected chi connectivity index (χ3v) is 7.60. The molecule has 0 N–H and O–H groups in total. The van der Waals surface area contributed by atoms with Gasteiger partial charge in [-0.1, -0.05) is 24.8 Å². The van der Waals surface area contributed by atoms with Crippen molar-refractivity contribution < 1.29 is 22.9 Å². The molecule has 7 nitrogen and oxygen atoms in total. The van der Waals surface area contributed by atoms with Crippen LogP contribution in [0.5, 0.6) is 5.75 Å². The maximum atomic E-state index is 13.4. The number of nitrogens with zero attached hydrogens (tertiary/aromatic N) is 4. The molecule has 0 unspecified atom stereocenters. The maximum absolute atomic E-state index is 13.4. The standard InChI is InChI=1S/C29H29F2N4O3P/c1-6-23(34(2)3)28-33-22-14-12-19(10-11-20-13-15-26(32-17-20)39(4,5)37)16-24(22)35(28)27-21(18-36)8-7-9-25(27)38-29(30)31/h7-9,12-18,23,29H,6H2,1-5H3/t23-/m1/s1. The number of benzene rings is 2. The number of halogens is 2. The van der Waals surface area contributed by atoms with Crippen molar-refractivity contribution in [1.29, 1.82) is 0 Å². The van der Waals surface area contributed by atoms with E-state index < -0.39 is 13.8 Å². The SMILES string of the molecule is CC[C@H](c1nc2ccc(C#Cc3ccc(P(C)(C)=O)nc3)cc2n1-c1c(C=O)cccc1OC(F)F)N(C)C. The summed E-state index contributed by atoms with van der Waals surface area (Å²) < 4.78 is 45.6. The number of carbonyl (C=O) groups excluding carboxylic acids is 1. The summed E-state index contributed by atoms with van der Waals surface area (Å²) in [5.41, 5.74) is 3.43. The topological polar surface area (TPSA) is 77.3 Å². The second-order valence-electron chi connectivity index (χ2n) is 9.59. The van der Waals surface area contributed by atoms with Gasteiger partial charge in [0.05, 0.1) is 22.5 Å². The zero-order chi connectivity index (χ0) is 28.3. The van der Waals surface area contributed by atoms with Crippen molar-refractivity contribution in [3.05, 3.63) is 77.2 Å². The number of imidazole rings is 1. The smallest absolute Gasteiger partial charge is 0.387 e. The van der Waals surface area contributed by atoms with Crippen LogP contribution in [0.1, 0.15) is 46.7 Å². The van der Waals surface area contributed by atoms with Crippen molar-refractivity contribution in [3.63, 3.8) is 0 Å². The number of aromatic nitrogens is 3. The van der Waals surface area contributed by atoms with Crippen LogP contribution in [0, 0.1) is 11.8 Å². The number of hydrogen-bond acceptors (Lipinski definition) is 6. The van der Waals surface area contributed by atoms with E-state index >= 15 is 0 Å². The number of para-hydroxylation sites is 1. The van der Waals surface area contributed by atoms with Crippen LogP contribution in [0.25, 0.3) is 16.7 Å². The third-order valence-electron chi connectivity index (χ3n) is 6.24. The quantitative estimate of drug-likeness (QED) is 0.164. The monoisotopic (exact) mass is 550 g/mol. The molecule has 0 saturated carbocycles. The van der Waals surface area contributed by atoms with E-state index in [9.17, 15) is 18.1 Å². The number of alkyl halides is 2. The number of pyridine rings is 1. The Kier molecular flexibility index (Phi) is 8.29. The Bertz CT molecular complexity index is 1620. The molecule has 202 valence electrons. The van der Waals surface area contributed by atoms with Crippen LogP contribution in [0.15, 0.2) is 54.7 Å². The van der Waals surface area contributed by atoms with Gasteiger partial charge in [0, 0.05) is 22.9 Å². The van der Waals surface area contributed by atoms with Crippen molar-refractivity contribution in [2.75, 3.05) is 27.4 Å². The van der Waals surface area contributed by atoms with E-state index in [1.54, 1.807) is 42.3 Å². The first-order valence-electron chi connectivity index (χ1n) is 12.3. The van der Waals surface area contributed by atoms with E-state index in [2.05, 4.69) is 16.8 Å². The maximum Gasteiger partial charge on any atom is 0.387 e. The molecule has 0 aliphatic carbocycles. The van der Waals surface area contributed by atoms with Crippen molar-refractivity contribution in [1.82, 2.24) is 19.4 Å². The molecule has 4 rings (SSSR count). The highest BCUT2D eigenvalue weighted by atomic mass is 31.2. The first-order valence-corrected chi connectivity index (χ1v) is 14.9. The van der Waals surface area contributed by atoms with Gasteiger partial charge in [0.2, 0.25) is 0 Å². The van der Waals surface area contributed by atoms with Crippen LogP contribution in [-0.4, -0.2) is 59.8 Å². The lowest BCUT2D eigenvalue weighted by atomic mass is 10.1. The predicted molar refractivity (Wildman–Crippen MR) is 149 cm³/mol. The molecule has 2 aromatic heterocycles. The Labute approximate surface area is 226 Å². The van der Waals surface area contributed by atoms with Crippen molar-refractivity contribution in [2.24, 2.45) is 0 Å². The molecule has 0 radical (unpaired) electrons. The molecule has 0 aliphatic heterocycles. The van der Waals surface area contributed by atoms with Crippen LogP contribution in [0.2, 0.25) is 0 Å². The van der Waals surface area contributed by atoms with Gasteiger partial charge in [0.25, 0.3) is 0 Å². The fourth-order valence-electron chi connectivity index (χ4n) is 4.40. The summed E-state index contributed by atoms with van der Waals surface area (Å²) in [7, 11) is 1.35. The van der Waals surface area contributed by atoms with Gasteiger partial charge in [-0.15, -0.1) is 0 Å². The van der Waals surface area contributed by atoms with Gasteiger partial charge in [-0.05, 0) is 76.3 Å². The van der Waals surface area contributed by atoms with Gasteiger partial charge in [0.15, 0.2) is 12.0 Å². The highest BCUT2D eigenvalue weighted by molar-refractivity contribution is 7.69.